The zero-order chi connectivity index (χ0) is 20.4. The first-order chi connectivity index (χ1) is 14.1. The number of carbonyl (C=O) groups is 1. The number of hydrogen-bond acceptors (Lipinski definition) is 3. The Labute approximate surface area is 164 Å². The number of pyridine rings is 1. The zero-order valence-electron chi connectivity index (χ0n) is 15.1. The first kappa shape index (κ1) is 18.4. The lowest BCUT2D eigenvalue weighted by Gasteiger charge is -2.19. The Hall–Kier alpha value is -3.99. The summed E-state index contributed by atoms with van der Waals surface area (Å²) in [5.41, 5.74) is 2.28. The minimum absolute atomic E-state index is 0.143. The number of carbonyl (C=O) groups excluding carboxylic acids is 1. The Morgan fingerprint density at radius 1 is 1.17 bits per heavy atom. The number of hydrogen-bond donors (Lipinski definition) is 2. The van der Waals surface area contributed by atoms with Crippen molar-refractivity contribution in [2.75, 3.05) is 6.54 Å². The SMILES string of the molecule is N#CCN(Cc1ccc(F)cc1)C(=O)c1cc(-c2c(F)cnc3[nH]ccc23)c[nH]1. The quantitative estimate of drug-likeness (QED) is 0.504. The van der Waals surface area contributed by atoms with Crippen LogP contribution < -0.4 is 0 Å². The number of nitrogens with one attached hydrogen (secondary N) is 2. The van der Waals surface area contributed by atoms with Gasteiger partial charge in [0.05, 0.1) is 12.3 Å². The molecule has 0 spiro atoms. The molecule has 3 aromatic heterocycles. The molecule has 0 saturated heterocycles. The molecule has 0 aliphatic rings. The molecular weight excluding hydrogens is 376 g/mol. The van der Waals surface area contributed by atoms with Gasteiger partial charge in [-0.3, -0.25) is 4.79 Å². The smallest absolute Gasteiger partial charge is 0.271 e. The molecule has 1 aromatic carbocycles. The molecule has 0 fully saturated rings. The van der Waals surface area contributed by atoms with Gasteiger partial charge in [0.2, 0.25) is 0 Å². The van der Waals surface area contributed by atoms with E-state index in [9.17, 15) is 13.6 Å². The Kier molecular flexibility index (Phi) is 4.79. The summed E-state index contributed by atoms with van der Waals surface area (Å²) in [5.74, 6) is -1.30. The average Bonchev–Trinajstić information content (AvgIpc) is 3.38. The Bertz CT molecular complexity index is 1220. The van der Waals surface area contributed by atoms with E-state index in [1.807, 2.05) is 6.07 Å². The van der Waals surface area contributed by atoms with Crippen LogP contribution in [0.2, 0.25) is 0 Å². The molecule has 8 heteroatoms. The number of amides is 1. The number of halogens is 2. The summed E-state index contributed by atoms with van der Waals surface area (Å²) in [6.45, 7) is 0.00291. The molecule has 0 saturated carbocycles. The normalized spacial score (nSPS) is 10.8. The highest BCUT2D eigenvalue weighted by Crippen LogP contribution is 2.30. The predicted octanol–water partition coefficient (Wildman–Crippen LogP) is 4.00. The molecule has 1 amide bonds. The Morgan fingerprint density at radius 3 is 2.72 bits per heavy atom. The van der Waals surface area contributed by atoms with Gasteiger partial charge in [-0.2, -0.15) is 5.26 Å². The molecule has 0 unspecified atom stereocenters. The van der Waals surface area contributed by atoms with E-state index in [2.05, 4.69) is 15.0 Å². The maximum absolute atomic E-state index is 14.4. The van der Waals surface area contributed by atoms with Crippen LogP contribution in [0.5, 0.6) is 0 Å². The van der Waals surface area contributed by atoms with Crippen molar-refractivity contribution in [1.82, 2.24) is 19.9 Å². The van der Waals surface area contributed by atoms with Gasteiger partial charge < -0.3 is 14.9 Å². The van der Waals surface area contributed by atoms with Crippen LogP contribution in [0.1, 0.15) is 16.1 Å². The molecule has 3 heterocycles. The molecule has 4 aromatic rings. The number of rotatable bonds is 5. The van der Waals surface area contributed by atoms with E-state index in [0.717, 1.165) is 6.20 Å². The summed E-state index contributed by atoms with van der Waals surface area (Å²) >= 11 is 0. The highest BCUT2D eigenvalue weighted by molar-refractivity contribution is 5.97. The molecule has 144 valence electrons. The zero-order valence-corrected chi connectivity index (χ0v) is 15.1. The lowest BCUT2D eigenvalue weighted by molar-refractivity contribution is 0.0760. The minimum Gasteiger partial charge on any atom is -0.357 e. The fourth-order valence-electron chi connectivity index (χ4n) is 3.20. The first-order valence-corrected chi connectivity index (χ1v) is 8.78. The van der Waals surface area contributed by atoms with Crippen LogP contribution in [-0.2, 0) is 6.54 Å². The van der Waals surface area contributed by atoms with Crippen LogP contribution in [0.25, 0.3) is 22.2 Å². The summed E-state index contributed by atoms with van der Waals surface area (Å²) in [6.07, 6.45) is 4.33. The summed E-state index contributed by atoms with van der Waals surface area (Å²) in [5, 5.41) is 9.69. The van der Waals surface area contributed by atoms with Crippen LogP contribution in [0.15, 0.2) is 55.0 Å². The van der Waals surface area contributed by atoms with Gasteiger partial charge in [-0.05, 0) is 29.8 Å². The van der Waals surface area contributed by atoms with Crippen molar-refractivity contribution in [2.24, 2.45) is 0 Å². The monoisotopic (exact) mass is 391 g/mol. The minimum atomic E-state index is -0.504. The molecule has 0 atom stereocenters. The van der Waals surface area contributed by atoms with Gasteiger partial charge >= 0.3 is 0 Å². The standard InChI is InChI=1S/C21H15F2N5O/c22-15-3-1-13(2-4-15)12-28(8-6-24)21(29)18-9-14(10-26-18)19-16-5-7-25-20(16)27-11-17(19)23/h1-5,7,9-11,26H,8,12H2,(H,25,27). The Balaban J connectivity index is 1.64. The maximum atomic E-state index is 14.4. The van der Waals surface area contributed by atoms with Crippen molar-refractivity contribution in [3.63, 3.8) is 0 Å². The van der Waals surface area contributed by atoms with Crippen molar-refractivity contribution < 1.29 is 13.6 Å². The van der Waals surface area contributed by atoms with Gasteiger partial charge in [0, 0.05) is 35.5 Å². The second-order valence-corrected chi connectivity index (χ2v) is 6.47. The molecule has 6 nitrogen and oxygen atoms in total. The van der Waals surface area contributed by atoms with E-state index in [4.69, 9.17) is 5.26 Å². The molecule has 0 radical (unpaired) electrons. The molecule has 4 rings (SSSR count). The number of nitriles is 1. The number of benzene rings is 1. The van der Waals surface area contributed by atoms with E-state index in [1.54, 1.807) is 36.7 Å². The van der Waals surface area contributed by atoms with Crippen LogP contribution >= 0.6 is 0 Å². The molecular formula is C21H15F2N5O. The van der Waals surface area contributed by atoms with Crippen molar-refractivity contribution in [2.45, 2.75) is 6.54 Å². The van der Waals surface area contributed by atoms with Crippen molar-refractivity contribution in [1.29, 1.82) is 5.26 Å². The van der Waals surface area contributed by atoms with E-state index in [0.29, 0.717) is 27.7 Å². The highest BCUT2D eigenvalue weighted by Gasteiger charge is 2.20. The lowest BCUT2D eigenvalue weighted by Crippen LogP contribution is -2.31. The van der Waals surface area contributed by atoms with Crippen LogP contribution in [0.4, 0.5) is 8.78 Å². The van der Waals surface area contributed by atoms with Gasteiger partial charge in [0.15, 0.2) is 0 Å². The van der Waals surface area contributed by atoms with Crippen molar-refractivity contribution in [3.05, 3.63) is 77.9 Å². The second-order valence-electron chi connectivity index (χ2n) is 6.47. The van der Waals surface area contributed by atoms with Gasteiger partial charge in [-0.1, -0.05) is 12.1 Å². The van der Waals surface area contributed by atoms with Gasteiger partial charge in [0.25, 0.3) is 5.91 Å². The lowest BCUT2D eigenvalue weighted by atomic mass is 10.1. The maximum Gasteiger partial charge on any atom is 0.271 e. The van der Waals surface area contributed by atoms with E-state index < -0.39 is 11.7 Å². The molecule has 0 bridgehead atoms. The van der Waals surface area contributed by atoms with Crippen molar-refractivity contribution in [3.8, 4) is 17.2 Å². The fourth-order valence-corrected chi connectivity index (χ4v) is 3.20. The highest BCUT2D eigenvalue weighted by atomic mass is 19.1. The largest absolute Gasteiger partial charge is 0.357 e. The molecule has 2 N–H and O–H groups in total. The van der Waals surface area contributed by atoms with Gasteiger partial charge in [-0.15, -0.1) is 0 Å². The fraction of sp³-hybridized carbons (Fsp3) is 0.0952. The number of H-pyrrole nitrogens is 2. The third-order valence-corrected chi connectivity index (χ3v) is 4.58. The third-order valence-electron chi connectivity index (χ3n) is 4.58. The summed E-state index contributed by atoms with van der Waals surface area (Å²) in [6, 6.07) is 10.9. The number of fused-ring (bicyclic) bond motifs is 1. The molecule has 29 heavy (non-hydrogen) atoms. The third kappa shape index (κ3) is 3.58. The molecule has 0 aliphatic carbocycles. The second kappa shape index (κ2) is 7.56. The number of aromatic nitrogens is 3. The van der Waals surface area contributed by atoms with E-state index in [1.165, 1.54) is 17.0 Å². The number of nitrogens with zero attached hydrogens (tertiary/aromatic N) is 3. The summed E-state index contributed by atoms with van der Waals surface area (Å²) in [4.78, 5) is 24.0. The van der Waals surface area contributed by atoms with E-state index in [-0.39, 0.29) is 24.6 Å². The van der Waals surface area contributed by atoms with Crippen LogP contribution in [-0.4, -0.2) is 32.3 Å². The first-order valence-electron chi connectivity index (χ1n) is 8.78. The number of aromatic amines is 2. The van der Waals surface area contributed by atoms with Gasteiger partial charge in [-0.25, -0.2) is 13.8 Å². The Morgan fingerprint density at radius 2 is 1.97 bits per heavy atom. The average molecular weight is 391 g/mol. The van der Waals surface area contributed by atoms with E-state index >= 15 is 0 Å². The summed E-state index contributed by atoms with van der Waals surface area (Å²) < 4.78 is 27.5. The summed E-state index contributed by atoms with van der Waals surface area (Å²) in [7, 11) is 0. The van der Waals surface area contributed by atoms with Gasteiger partial charge in [0.1, 0.15) is 29.5 Å². The van der Waals surface area contributed by atoms with Crippen LogP contribution in [0, 0.1) is 23.0 Å². The predicted molar refractivity (Wildman–Crippen MR) is 103 cm³/mol. The van der Waals surface area contributed by atoms with Crippen LogP contribution in [0.3, 0.4) is 0 Å². The topological polar surface area (TPSA) is 88.6 Å². The molecule has 0 aliphatic heterocycles. The van der Waals surface area contributed by atoms with Crippen molar-refractivity contribution >= 4 is 16.9 Å².